The quantitative estimate of drug-likeness (QED) is 0.695. The van der Waals surface area contributed by atoms with Gasteiger partial charge in [0.25, 0.3) is 5.56 Å². The molecular weight excluding hydrogens is 292 g/mol. The number of aryl methyl sites for hydroxylation is 1. The smallest absolute Gasteiger partial charge is 0.258 e. The van der Waals surface area contributed by atoms with Gasteiger partial charge in [0.1, 0.15) is 18.0 Å². The van der Waals surface area contributed by atoms with E-state index in [9.17, 15) is 9.59 Å². The Morgan fingerprint density at radius 3 is 2.83 bits per heavy atom. The Hall–Kier alpha value is -2.95. The second kappa shape index (κ2) is 6.04. The molecule has 23 heavy (non-hydrogen) atoms. The van der Waals surface area contributed by atoms with Gasteiger partial charge in [0.15, 0.2) is 5.78 Å². The van der Waals surface area contributed by atoms with Crippen LogP contribution in [0.4, 0.5) is 0 Å². The first-order valence-electron chi connectivity index (χ1n) is 7.26. The number of Topliss-reactive ketones (excluding diaryl/α,β-unsaturated/α-hetero) is 1. The van der Waals surface area contributed by atoms with Gasteiger partial charge < -0.3 is 4.74 Å². The van der Waals surface area contributed by atoms with Gasteiger partial charge in [-0.15, -0.1) is 0 Å². The van der Waals surface area contributed by atoms with E-state index in [1.807, 2.05) is 19.1 Å². The first kappa shape index (κ1) is 15.0. The van der Waals surface area contributed by atoms with Crippen molar-refractivity contribution in [1.29, 1.82) is 0 Å². The maximum Gasteiger partial charge on any atom is 0.258 e. The lowest BCUT2D eigenvalue weighted by atomic mass is 10.1. The third-order valence-corrected chi connectivity index (χ3v) is 3.50. The van der Waals surface area contributed by atoms with Gasteiger partial charge in [0.05, 0.1) is 5.69 Å². The van der Waals surface area contributed by atoms with Crippen LogP contribution < -0.4 is 10.3 Å². The third kappa shape index (κ3) is 3.29. The number of ketones is 1. The lowest BCUT2D eigenvalue weighted by Crippen LogP contribution is -2.16. The number of hydrogen-bond donors (Lipinski definition) is 0. The maximum atomic E-state index is 12.1. The molecule has 0 unspecified atom stereocenters. The van der Waals surface area contributed by atoms with Crippen LogP contribution in [0, 0.1) is 6.92 Å². The van der Waals surface area contributed by atoms with E-state index in [1.165, 1.54) is 17.4 Å². The molecule has 0 amide bonds. The molecule has 0 atom stereocenters. The number of aromatic nitrogens is 2. The minimum Gasteiger partial charge on any atom is -0.487 e. The van der Waals surface area contributed by atoms with Crippen LogP contribution in [0.3, 0.4) is 0 Å². The molecule has 5 nitrogen and oxygen atoms in total. The molecular formula is C18H16N2O3. The molecule has 2 heterocycles. The molecule has 5 heteroatoms. The Kier molecular flexibility index (Phi) is 3.93. The average Bonchev–Trinajstić information content (AvgIpc) is 2.52. The number of pyridine rings is 1. The maximum absolute atomic E-state index is 12.1. The van der Waals surface area contributed by atoms with Crippen LogP contribution in [-0.2, 0) is 6.61 Å². The second-order valence-electron chi connectivity index (χ2n) is 5.39. The molecule has 0 radical (unpaired) electrons. The second-order valence-corrected chi connectivity index (χ2v) is 5.39. The Bertz CT molecular complexity index is 944. The lowest BCUT2D eigenvalue weighted by molar-refractivity contribution is 0.101. The van der Waals surface area contributed by atoms with Crippen molar-refractivity contribution in [3.8, 4) is 5.75 Å². The highest BCUT2D eigenvalue weighted by Crippen LogP contribution is 2.15. The summed E-state index contributed by atoms with van der Waals surface area (Å²) in [6, 6.07) is 12.1. The molecule has 0 saturated heterocycles. The first-order chi connectivity index (χ1) is 11.0. The van der Waals surface area contributed by atoms with Crippen molar-refractivity contribution in [1.82, 2.24) is 9.38 Å². The molecule has 0 saturated carbocycles. The summed E-state index contributed by atoms with van der Waals surface area (Å²) in [7, 11) is 0. The number of nitrogens with zero attached hydrogens (tertiary/aromatic N) is 2. The lowest BCUT2D eigenvalue weighted by Gasteiger charge is -2.08. The van der Waals surface area contributed by atoms with Gasteiger partial charge in [-0.2, -0.15) is 0 Å². The Morgan fingerprint density at radius 1 is 1.22 bits per heavy atom. The topological polar surface area (TPSA) is 60.7 Å². The third-order valence-electron chi connectivity index (χ3n) is 3.50. The number of rotatable bonds is 4. The van der Waals surface area contributed by atoms with Crippen molar-refractivity contribution in [3.05, 3.63) is 75.8 Å². The summed E-state index contributed by atoms with van der Waals surface area (Å²) in [6.45, 7) is 3.62. The van der Waals surface area contributed by atoms with Crippen LogP contribution in [0.1, 0.15) is 28.5 Å². The molecule has 1 aromatic carbocycles. The molecule has 0 N–H and O–H groups in total. The minimum absolute atomic E-state index is 0.0204. The molecule has 0 spiro atoms. The number of benzene rings is 1. The van der Waals surface area contributed by atoms with Crippen LogP contribution in [0.25, 0.3) is 5.65 Å². The van der Waals surface area contributed by atoms with E-state index in [0.29, 0.717) is 22.7 Å². The highest BCUT2D eigenvalue weighted by Gasteiger charge is 2.05. The van der Waals surface area contributed by atoms with Crippen LogP contribution in [-0.4, -0.2) is 15.2 Å². The molecule has 116 valence electrons. The van der Waals surface area contributed by atoms with Gasteiger partial charge in [0, 0.05) is 17.8 Å². The summed E-state index contributed by atoms with van der Waals surface area (Å²) in [6.07, 6.45) is 1.71. The van der Waals surface area contributed by atoms with E-state index < -0.39 is 0 Å². The average molecular weight is 308 g/mol. The fourth-order valence-corrected chi connectivity index (χ4v) is 2.29. The van der Waals surface area contributed by atoms with E-state index in [4.69, 9.17) is 4.74 Å². The zero-order valence-corrected chi connectivity index (χ0v) is 12.9. The van der Waals surface area contributed by atoms with Crippen molar-refractivity contribution in [3.63, 3.8) is 0 Å². The summed E-state index contributed by atoms with van der Waals surface area (Å²) < 4.78 is 7.15. The highest BCUT2D eigenvalue weighted by molar-refractivity contribution is 5.94. The van der Waals surface area contributed by atoms with Gasteiger partial charge in [-0.1, -0.05) is 12.1 Å². The van der Waals surface area contributed by atoms with Crippen LogP contribution in [0.15, 0.2) is 53.5 Å². The Morgan fingerprint density at radius 2 is 2.04 bits per heavy atom. The van der Waals surface area contributed by atoms with Crippen LogP contribution in [0.2, 0.25) is 0 Å². The summed E-state index contributed by atoms with van der Waals surface area (Å²) in [5.41, 5.74) is 2.61. The summed E-state index contributed by atoms with van der Waals surface area (Å²) in [4.78, 5) is 27.9. The standard InChI is InChI=1S/C18H16N2O3/c1-12-6-7-20-17(8-12)19-15(10-18(20)22)11-23-16-5-3-4-14(9-16)13(2)21/h3-10H,11H2,1-2H3. The van der Waals surface area contributed by atoms with Crippen molar-refractivity contribution in [2.75, 3.05) is 0 Å². The fraction of sp³-hybridized carbons (Fsp3) is 0.167. The first-order valence-corrected chi connectivity index (χ1v) is 7.26. The molecule has 0 bridgehead atoms. The normalized spacial score (nSPS) is 10.7. The number of fused-ring (bicyclic) bond motifs is 1. The molecule has 3 aromatic rings. The molecule has 0 aliphatic carbocycles. The minimum atomic E-state index is -0.147. The fourth-order valence-electron chi connectivity index (χ4n) is 2.29. The van der Waals surface area contributed by atoms with Crippen LogP contribution in [0.5, 0.6) is 5.75 Å². The highest BCUT2D eigenvalue weighted by atomic mass is 16.5. The zero-order chi connectivity index (χ0) is 16.4. The Balaban J connectivity index is 1.86. The predicted molar refractivity (Wildman–Crippen MR) is 87.0 cm³/mol. The van der Waals surface area contributed by atoms with Gasteiger partial charge >= 0.3 is 0 Å². The van der Waals surface area contributed by atoms with Crippen molar-refractivity contribution >= 4 is 11.4 Å². The van der Waals surface area contributed by atoms with Crippen molar-refractivity contribution in [2.24, 2.45) is 0 Å². The number of carbonyl (C=O) groups is 1. The predicted octanol–water partition coefficient (Wildman–Crippen LogP) is 2.78. The van der Waals surface area contributed by atoms with E-state index in [0.717, 1.165) is 5.56 Å². The number of hydrogen-bond acceptors (Lipinski definition) is 4. The number of carbonyl (C=O) groups excluding carboxylic acids is 1. The SMILES string of the molecule is CC(=O)c1cccc(OCc2cc(=O)n3ccc(C)cc3n2)c1. The van der Waals surface area contributed by atoms with Gasteiger partial charge in [-0.05, 0) is 43.7 Å². The molecule has 2 aromatic heterocycles. The van der Waals surface area contributed by atoms with Crippen LogP contribution >= 0.6 is 0 Å². The zero-order valence-electron chi connectivity index (χ0n) is 12.9. The number of ether oxygens (including phenoxy) is 1. The largest absolute Gasteiger partial charge is 0.487 e. The molecule has 0 aliphatic heterocycles. The summed E-state index contributed by atoms with van der Waals surface area (Å²) in [5.74, 6) is 0.553. The van der Waals surface area contributed by atoms with Gasteiger partial charge in [-0.25, -0.2) is 4.98 Å². The Labute approximate surface area is 133 Å². The van der Waals surface area contributed by atoms with E-state index in [1.54, 1.807) is 30.5 Å². The monoisotopic (exact) mass is 308 g/mol. The van der Waals surface area contributed by atoms with Crippen molar-refractivity contribution < 1.29 is 9.53 Å². The molecule has 0 fully saturated rings. The molecule has 0 aliphatic rings. The van der Waals surface area contributed by atoms with E-state index in [2.05, 4.69) is 4.98 Å². The van der Waals surface area contributed by atoms with Crippen molar-refractivity contribution in [2.45, 2.75) is 20.5 Å². The summed E-state index contributed by atoms with van der Waals surface area (Å²) in [5, 5.41) is 0. The summed E-state index contributed by atoms with van der Waals surface area (Å²) >= 11 is 0. The van der Waals surface area contributed by atoms with Gasteiger partial charge in [0.2, 0.25) is 0 Å². The van der Waals surface area contributed by atoms with E-state index in [-0.39, 0.29) is 17.9 Å². The molecule has 3 rings (SSSR count). The van der Waals surface area contributed by atoms with E-state index >= 15 is 0 Å². The van der Waals surface area contributed by atoms with Gasteiger partial charge in [-0.3, -0.25) is 14.0 Å².